The molecule has 2 N–H and O–H groups in total. The lowest BCUT2D eigenvalue weighted by Crippen LogP contribution is -2.51. The average molecular weight is 479 g/mol. The van der Waals surface area contributed by atoms with Gasteiger partial charge < -0.3 is 20.3 Å². The van der Waals surface area contributed by atoms with Crippen LogP contribution in [0, 0.1) is 5.92 Å². The van der Waals surface area contributed by atoms with Crippen molar-refractivity contribution in [3.8, 4) is 5.75 Å². The van der Waals surface area contributed by atoms with Crippen LogP contribution in [0.25, 0.3) is 0 Å². The molecule has 1 aliphatic carbocycles. The van der Waals surface area contributed by atoms with E-state index in [0.717, 1.165) is 18.1 Å². The number of nitrogens with two attached hydrogens (primary N) is 1. The Hall–Kier alpha value is -3.42. The summed E-state index contributed by atoms with van der Waals surface area (Å²) in [5, 5.41) is 0. The number of piperazine rings is 1. The molecule has 2 aliphatic rings. The van der Waals surface area contributed by atoms with E-state index in [1.165, 1.54) is 38.3 Å². The Morgan fingerprint density at radius 3 is 2.37 bits per heavy atom. The van der Waals surface area contributed by atoms with Crippen LogP contribution in [0.15, 0.2) is 42.6 Å². The summed E-state index contributed by atoms with van der Waals surface area (Å²) in [5.74, 6) is 0.851. The largest absolute Gasteiger partial charge is 0.494 e. The summed E-state index contributed by atoms with van der Waals surface area (Å²) < 4.78 is 5.96. The molecule has 1 aromatic heterocycles. The summed E-state index contributed by atoms with van der Waals surface area (Å²) in [6.07, 6.45) is 9.21. The van der Waals surface area contributed by atoms with E-state index in [4.69, 9.17) is 10.5 Å². The van der Waals surface area contributed by atoms with Gasteiger partial charge in [-0.1, -0.05) is 38.2 Å². The number of carbonyl (C=O) groups is 3. The Morgan fingerprint density at radius 2 is 1.69 bits per heavy atom. The molecule has 35 heavy (non-hydrogen) atoms. The Kier molecular flexibility index (Phi) is 8.34. The molecule has 0 spiro atoms. The molecule has 0 bridgehead atoms. The highest BCUT2D eigenvalue weighted by atomic mass is 16.5. The molecule has 4 rings (SSSR count). The van der Waals surface area contributed by atoms with Crippen LogP contribution in [-0.4, -0.2) is 65.3 Å². The number of carbonyl (C=O) groups excluding carboxylic acids is 3. The second kappa shape index (κ2) is 11.8. The monoisotopic (exact) mass is 478 g/mol. The number of rotatable bonds is 8. The molecule has 2 fully saturated rings. The quantitative estimate of drug-likeness (QED) is 0.628. The maximum absolute atomic E-state index is 13.0. The molecule has 186 valence electrons. The van der Waals surface area contributed by atoms with Gasteiger partial charge in [-0.05, 0) is 42.7 Å². The van der Waals surface area contributed by atoms with Gasteiger partial charge in [-0.3, -0.25) is 19.4 Å². The Labute approximate surface area is 206 Å². The standard InChI is InChI=1S/C27H34N4O4/c28-26(33)22-9-10-23(29-19-22)18-25(32)30-12-14-31(15-13-30)27(34)21-7-4-8-24(17-21)35-16-11-20-5-2-1-3-6-20/h4,7-10,17,19-20H,1-3,5-6,11-16,18H2,(H2,28,33). The molecule has 1 saturated heterocycles. The molecule has 1 aromatic carbocycles. The first-order valence-electron chi connectivity index (χ1n) is 12.5. The maximum Gasteiger partial charge on any atom is 0.254 e. The number of primary amides is 1. The van der Waals surface area contributed by atoms with Gasteiger partial charge in [-0.2, -0.15) is 0 Å². The summed E-state index contributed by atoms with van der Waals surface area (Å²) in [6.45, 7) is 2.59. The van der Waals surface area contributed by atoms with Crippen molar-refractivity contribution in [1.29, 1.82) is 0 Å². The van der Waals surface area contributed by atoms with Crippen LogP contribution in [0.4, 0.5) is 0 Å². The summed E-state index contributed by atoms with van der Waals surface area (Å²) in [6, 6.07) is 10.6. The number of amides is 3. The predicted molar refractivity (Wildman–Crippen MR) is 132 cm³/mol. The molecule has 3 amide bonds. The van der Waals surface area contributed by atoms with Crippen molar-refractivity contribution in [2.75, 3.05) is 32.8 Å². The SMILES string of the molecule is NC(=O)c1ccc(CC(=O)N2CCN(C(=O)c3cccc(OCCC4CCCCC4)c3)CC2)nc1. The van der Waals surface area contributed by atoms with Crippen molar-refractivity contribution >= 4 is 17.7 Å². The Balaban J connectivity index is 1.24. The minimum atomic E-state index is -0.548. The number of nitrogens with zero attached hydrogens (tertiary/aromatic N) is 3. The van der Waals surface area contributed by atoms with E-state index in [-0.39, 0.29) is 18.2 Å². The second-order valence-corrected chi connectivity index (χ2v) is 9.42. The molecule has 0 atom stereocenters. The number of aromatic nitrogens is 1. The van der Waals surface area contributed by atoms with Crippen LogP contribution < -0.4 is 10.5 Å². The Morgan fingerprint density at radius 1 is 0.943 bits per heavy atom. The first-order valence-corrected chi connectivity index (χ1v) is 12.5. The average Bonchev–Trinajstić information content (AvgIpc) is 2.89. The molecular weight excluding hydrogens is 444 g/mol. The molecule has 1 saturated carbocycles. The van der Waals surface area contributed by atoms with Gasteiger partial charge in [0.15, 0.2) is 0 Å². The highest BCUT2D eigenvalue weighted by Crippen LogP contribution is 2.26. The minimum absolute atomic E-state index is 0.0430. The van der Waals surface area contributed by atoms with E-state index >= 15 is 0 Å². The van der Waals surface area contributed by atoms with Gasteiger partial charge in [0.1, 0.15) is 5.75 Å². The van der Waals surface area contributed by atoms with E-state index < -0.39 is 5.91 Å². The van der Waals surface area contributed by atoms with Crippen LogP contribution in [0.5, 0.6) is 5.75 Å². The maximum atomic E-state index is 13.0. The van der Waals surface area contributed by atoms with Gasteiger partial charge >= 0.3 is 0 Å². The first-order chi connectivity index (χ1) is 17.0. The molecule has 1 aliphatic heterocycles. The third kappa shape index (κ3) is 6.81. The van der Waals surface area contributed by atoms with Crippen molar-refractivity contribution < 1.29 is 19.1 Å². The van der Waals surface area contributed by atoms with Crippen molar-refractivity contribution in [1.82, 2.24) is 14.8 Å². The minimum Gasteiger partial charge on any atom is -0.494 e. The van der Waals surface area contributed by atoms with Crippen molar-refractivity contribution in [3.05, 3.63) is 59.4 Å². The molecule has 0 radical (unpaired) electrons. The second-order valence-electron chi connectivity index (χ2n) is 9.42. The van der Waals surface area contributed by atoms with Crippen LogP contribution in [0.2, 0.25) is 0 Å². The molecule has 0 unspecified atom stereocenters. The van der Waals surface area contributed by atoms with Gasteiger partial charge in [0.05, 0.1) is 18.6 Å². The fourth-order valence-corrected chi connectivity index (χ4v) is 4.82. The fraction of sp³-hybridized carbons (Fsp3) is 0.481. The lowest BCUT2D eigenvalue weighted by Gasteiger charge is -2.35. The van der Waals surface area contributed by atoms with E-state index in [0.29, 0.717) is 49.6 Å². The van der Waals surface area contributed by atoms with Gasteiger partial charge in [-0.25, -0.2) is 0 Å². The van der Waals surface area contributed by atoms with Gasteiger partial charge in [0.2, 0.25) is 11.8 Å². The zero-order valence-electron chi connectivity index (χ0n) is 20.2. The van der Waals surface area contributed by atoms with E-state index in [1.807, 2.05) is 24.3 Å². The van der Waals surface area contributed by atoms with Crippen LogP contribution in [0.3, 0.4) is 0 Å². The number of hydrogen-bond donors (Lipinski definition) is 1. The van der Waals surface area contributed by atoms with E-state index in [2.05, 4.69) is 4.98 Å². The van der Waals surface area contributed by atoms with Gasteiger partial charge in [0, 0.05) is 43.6 Å². The predicted octanol–water partition coefficient (Wildman–Crippen LogP) is 3.06. The van der Waals surface area contributed by atoms with E-state index in [1.54, 1.807) is 21.9 Å². The fourth-order valence-electron chi connectivity index (χ4n) is 4.82. The highest BCUT2D eigenvalue weighted by Gasteiger charge is 2.25. The molecular formula is C27H34N4O4. The molecule has 2 aromatic rings. The third-order valence-electron chi connectivity index (χ3n) is 6.96. The zero-order valence-corrected chi connectivity index (χ0v) is 20.2. The zero-order chi connectivity index (χ0) is 24.6. The number of ether oxygens (including phenoxy) is 1. The number of hydrogen-bond acceptors (Lipinski definition) is 5. The lowest BCUT2D eigenvalue weighted by atomic mass is 9.87. The van der Waals surface area contributed by atoms with Gasteiger partial charge in [0.25, 0.3) is 5.91 Å². The van der Waals surface area contributed by atoms with E-state index in [9.17, 15) is 14.4 Å². The first kappa shape index (κ1) is 24.7. The normalized spacial score (nSPS) is 16.7. The number of benzene rings is 1. The molecule has 8 heteroatoms. The summed E-state index contributed by atoms with van der Waals surface area (Å²) in [7, 11) is 0. The summed E-state index contributed by atoms with van der Waals surface area (Å²) in [4.78, 5) is 44.6. The molecule has 8 nitrogen and oxygen atoms in total. The smallest absolute Gasteiger partial charge is 0.254 e. The summed E-state index contributed by atoms with van der Waals surface area (Å²) >= 11 is 0. The topological polar surface area (TPSA) is 106 Å². The third-order valence-corrected chi connectivity index (χ3v) is 6.96. The highest BCUT2D eigenvalue weighted by molar-refractivity contribution is 5.95. The lowest BCUT2D eigenvalue weighted by molar-refractivity contribution is -0.132. The van der Waals surface area contributed by atoms with Crippen molar-refractivity contribution in [2.45, 2.75) is 44.9 Å². The van der Waals surface area contributed by atoms with Crippen LogP contribution in [0.1, 0.15) is 64.9 Å². The Bertz CT molecular complexity index is 1030. The number of pyridine rings is 1. The van der Waals surface area contributed by atoms with Crippen molar-refractivity contribution in [2.24, 2.45) is 11.7 Å². The van der Waals surface area contributed by atoms with Gasteiger partial charge in [-0.15, -0.1) is 0 Å². The van der Waals surface area contributed by atoms with Crippen LogP contribution in [-0.2, 0) is 11.2 Å². The van der Waals surface area contributed by atoms with Crippen molar-refractivity contribution in [3.63, 3.8) is 0 Å². The summed E-state index contributed by atoms with van der Waals surface area (Å²) in [5.41, 5.74) is 6.73. The van der Waals surface area contributed by atoms with Crippen LogP contribution >= 0.6 is 0 Å². The molecule has 2 heterocycles.